The lowest BCUT2D eigenvalue weighted by atomic mass is 10.3. The van der Waals surface area contributed by atoms with Crippen LogP contribution in [-0.2, 0) is 13.1 Å². The van der Waals surface area contributed by atoms with Gasteiger partial charge in [0, 0.05) is 28.2 Å². The minimum absolute atomic E-state index is 0.837. The lowest BCUT2D eigenvalue weighted by molar-refractivity contribution is 0.706. The van der Waals surface area contributed by atoms with Crippen molar-refractivity contribution in [3.63, 3.8) is 0 Å². The van der Waals surface area contributed by atoms with Gasteiger partial charge in [0.05, 0.1) is 5.02 Å². The largest absolute Gasteiger partial charge is 0.307 e. The number of nitrogens with one attached hydrogen (secondary N) is 1. The third kappa shape index (κ3) is 3.05. The topological polar surface area (TPSA) is 12.0 Å². The molecule has 0 aliphatic rings. The predicted octanol–water partition coefficient (Wildman–Crippen LogP) is 4.06. The van der Waals surface area contributed by atoms with E-state index in [1.807, 2.05) is 11.4 Å². The Kier molecular flexibility index (Phi) is 3.81. The second kappa shape index (κ2) is 5.12. The summed E-state index contributed by atoms with van der Waals surface area (Å²) in [5.74, 6) is 0. The molecule has 0 bridgehead atoms. The molecule has 0 aliphatic heterocycles. The summed E-state index contributed by atoms with van der Waals surface area (Å²) in [7, 11) is 0. The predicted molar refractivity (Wildman–Crippen MR) is 68.9 cm³/mol. The Balaban J connectivity index is 1.83. The summed E-state index contributed by atoms with van der Waals surface area (Å²) in [6.07, 6.45) is 0. The third-order valence-corrected chi connectivity index (χ3v) is 4.48. The van der Waals surface area contributed by atoms with Gasteiger partial charge in [-0.3, -0.25) is 0 Å². The van der Waals surface area contributed by atoms with Crippen LogP contribution in [0.25, 0.3) is 0 Å². The molecular weight excluding hydrogens is 246 g/mol. The minimum Gasteiger partial charge on any atom is -0.307 e. The van der Waals surface area contributed by atoms with Gasteiger partial charge < -0.3 is 5.32 Å². The molecule has 2 aromatic rings. The van der Waals surface area contributed by atoms with Gasteiger partial charge in [-0.1, -0.05) is 11.6 Å². The van der Waals surface area contributed by atoms with Crippen LogP contribution in [-0.4, -0.2) is 0 Å². The van der Waals surface area contributed by atoms with E-state index in [-0.39, 0.29) is 0 Å². The van der Waals surface area contributed by atoms with Gasteiger partial charge in [0.1, 0.15) is 0 Å². The molecular formula is C11H12ClNS2. The van der Waals surface area contributed by atoms with Crippen molar-refractivity contribution in [2.75, 3.05) is 0 Å². The zero-order valence-corrected chi connectivity index (χ0v) is 10.8. The van der Waals surface area contributed by atoms with Crippen molar-refractivity contribution in [2.45, 2.75) is 20.0 Å². The number of rotatable bonds is 4. The summed E-state index contributed by atoms with van der Waals surface area (Å²) in [6.45, 7) is 3.99. The average Bonchev–Trinajstić information content (AvgIpc) is 2.77. The molecule has 0 fully saturated rings. The lowest BCUT2D eigenvalue weighted by Gasteiger charge is -2.01. The maximum Gasteiger partial charge on any atom is 0.0516 e. The van der Waals surface area contributed by atoms with Gasteiger partial charge in [-0.2, -0.15) is 0 Å². The van der Waals surface area contributed by atoms with Crippen LogP contribution in [0.5, 0.6) is 0 Å². The maximum atomic E-state index is 5.85. The van der Waals surface area contributed by atoms with Gasteiger partial charge in [0.2, 0.25) is 0 Å². The van der Waals surface area contributed by atoms with Gasteiger partial charge in [0.25, 0.3) is 0 Å². The number of hydrogen-bond acceptors (Lipinski definition) is 3. The summed E-state index contributed by atoms with van der Waals surface area (Å²) in [6, 6.07) is 4.17. The Morgan fingerprint density at radius 2 is 2.20 bits per heavy atom. The maximum absolute atomic E-state index is 5.85. The molecule has 0 atom stereocenters. The summed E-state index contributed by atoms with van der Waals surface area (Å²) in [5, 5.41) is 8.36. The molecule has 2 heterocycles. The molecule has 0 saturated heterocycles. The molecule has 0 unspecified atom stereocenters. The highest BCUT2D eigenvalue weighted by Gasteiger charge is 2.00. The van der Waals surface area contributed by atoms with E-state index in [1.54, 1.807) is 22.7 Å². The van der Waals surface area contributed by atoms with Crippen molar-refractivity contribution >= 4 is 34.3 Å². The molecule has 0 spiro atoms. The van der Waals surface area contributed by atoms with Gasteiger partial charge >= 0.3 is 0 Å². The van der Waals surface area contributed by atoms with Crippen molar-refractivity contribution in [3.05, 3.63) is 43.2 Å². The molecule has 0 amide bonds. The van der Waals surface area contributed by atoms with E-state index in [4.69, 9.17) is 11.6 Å². The first-order valence-corrected chi connectivity index (χ1v) is 6.86. The van der Waals surface area contributed by atoms with Gasteiger partial charge in [-0.05, 0) is 30.0 Å². The van der Waals surface area contributed by atoms with Crippen molar-refractivity contribution in [1.82, 2.24) is 5.32 Å². The smallest absolute Gasteiger partial charge is 0.0516 e. The zero-order valence-electron chi connectivity index (χ0n) is 8.42. The summed E-state index contributed by atoms with van der Waals surface area (Å²) in [4.78, 5) is 2.70. The molecule has 0 saturated carbocycles. The molecule has 0 aromatic carbocycles. The highest BCUT2D eigenvalue weighted by molar-refractivity contribution is 7.10. The summed E-state index contributed by atoms with van der Waals surface area (Å²) in [5.41, 5.74) is 1.37. The Morgan fingerprint density at radius 1 is 1.33 bits per heavy atom. The molecule has 15 heavy (non-hydrogen) atoms. The number of aryl methyl sites for hydroxylation is 1. The molecule has 4 heteroatoms. The Labute approximate surface area is 103 Å². The first-order chi connectivity index (χ1) is 7.25. The fourth-order valence-electron chi connectivity index (χ4n) is 1.33. The van der Waals surface area contributed by atoms with Crippen LogP contribution in [0, 0.1) is 6.92 Å². The highest BCUT2D eigenvalue weighted by Crippen LogP contribution is 2.19. The van der Waals surface area contributed by atoms with Crippen LogP contribution in [0.15, 0.2) is 22.9 Å². The molecule has 2 rings (SSSR count). The molecule has 1 nitrogen and oxygen atoms in total. The quantitative estimate of drug-likeness (QED) is 0.871. The van der Waals surface area contributed by atoms with Gasteiger partial charge in [0.15, 0.2) is 0 Å². The molecule has 1 N–H and O–H groups in total. The zero-order chi connectivity index (χ0) is 10.7. The van der Waals surface area contributed by atoms with Crippen molar-refractivity contribution in [1.29, 1.82) is 0 Å². The lowest BCUT2D eigenvalue weighted by Crippen LogP contribution is -2.11. The molecule has 0 radical (unpaired) electrons. The first kappa shape index (κ1) is 11.1. The van der Waals surface area contributed by atoms with E-state index in [9.17, 15) is 0 Å². The van der Waals surface area contributed by atoms with E-state index in [0.717, 1.165) is 18.1 Å². The number of halogens is 1. The van der Waals surface area contributed by atoms with Crippen LogP contribution in [0.1, 0.15) is 15.3 Å². The summed E-state index contributed by atoms with van der Waals surface area (Å²) >= 11 is 9.35. The average molecular weight is 258 g/mol. The second-order valence-electron chi connectivity index (χ2n) is 3.36. The van der Waals surface area contributed by atoms with E-state index < -0.39 is 0 Å². The number of thiophene rings is 2. The van der Waals surface area contributed by atoms with Gasteiger partial charge in [-0.15, -0.1) is 22.7 Å². The van der Waals surface area contributed by atoms with Crippen LogP contribution >= 0.6 is 34.3 Å². The third-order valence-electron chi connectivity index (χ3n) is 2.17. The molecule has 2 aromatic heterocycles. The Morgan fingerprint density at radius 3 is 2.80 bits per heavy atom. The van der Waals surface area contributed by atoms with Crippen LogP contribution < -0.4 is 5.32 Å². The second-order valence-corrected chi connectivity index (χ2v) is 5.79. The van der Waals surface area contributed by atoms with E-state index >= 15 is 0 Å². The van der Waals surface area contributed by atoms with Crippen molar-refractivity contribution < 1.29 is 0 Å². The fourth-order valence-corrected chi connectivity index (χ4v) is 3.25. The Bertz CT molecular complexity index is 433. The summed E-state index contributed by atoms with van der Waals surface area (Å²) < 4.78 is 0. The van der Waals surface area contributed by atoms with E-state index in [0.29, 0.717) is 0 Å². The van der Waals surface area contributed by atoms with Crippen LogP contribution in [0.3, 0.4) is 0 Å². The van der Waals surface area contributed by atoms with Crippen molar-refractivity contribution in [3.8, 4) is 0 Å². The Hall–Kier alpha value is -0.350. The van der Waals surface area contributed by atoms with Crippen molar-refractivity contribution in [2.24, 2.45) is 0 Å². The number of hydrogen-bond donors (Lipinski definition) is 1. The SMILES string of the molecule is Cc1ccsc1CNCc1cc(Cl)cs1. The van der Waals surface area contributed by atoms with Crippen LogP contribution in [0.2, 0.25) is 5.02 Å². The molecule has 80 valence electrons. The fraction of sp³-hybridized carbons (Fsp3) is 0.273. The van der Waals surface area contributed by atoms with Crippen LogP contribution in [0.4, 0.5) is 0 Å². The van der Waals surface area contributed by atoms with E-state index in [1.165, 1.54) is 15.3 Å². The normalized spacial score (nSPS) is 10.8. The first-order valence-electron chi connectivity index (χ1n) is 4.72. The standard InChI is InChI=1S/C11H12ClNS2/c1-8-2-3-14-11(8)6-13-5-10-4-9(12)7-15-10/h2-4,7,13H,5-6H2,1H3. The monoisotopic (exact) mass is 257 g/mol. The minimum atomic E-state index is 0.837. The van der Waals surface area contributed by atoms with Gasteiger partial charge in [-0.25, -0.2) is 0 Å². The van der Waals surface area contributed by atoms with E-state index in [2.05, 4.69) is 23.7 Å². The highest BCUT2D eigenvalue weighted by atomic mass is 35.5. The molecule has 0 aliphatic carbocycles.